The second-order valence-electron chi connectivity index (χ2n) is 5.87. The summed E-state index contributed by atoms with van der Waals surface area (Å²) in [6.07, 6.45) is 3.47. The number of nitrogens with zero attached hydrogens (tertiary/aromatic N) is 2. The summed E-state index contributed by atoms with van der Waals surface area (Å²) in [5, 5.41) is 12.3. The van der Waals surface area contributed by atoms with Crippen molar-refractivity contribution in [3.63, 3.8) is 0 Å². The molecule has 1 aromatic rings. The average Bonchev–Trinajstić information content (AvgIpc) is 2.96. The molecule has 7 nitrogen and oxygen atoms in total. The van der Waals surface area contributed by atoms with Crippen LogP contribution in [-0.4, -0.2) is 46.7 Å². The third kappa shape index (κ3) is 3.73. The van der Waals surface area contributed by atoms with Crippen molar-refractivity contribution in [3.8, 4) is 0 Å². The average molecular weight is 330 g/mol. The van der Waals surface area contributed by atoms with E-state index in [0.29, 0.717) is 32.4 Å². The molecular formula is C17H18N2O5. The minimum atomic E-state index is -1.40. The van der Waals surface area contributed by atoms with Crippen molar-refractivity contribution in [1.82, 2.24) is 4.90 Å². The second kappa shape index (κ2) is 6.74. The molecule has 0 bridgehead atoms. The zero-order valence-corrected chi connectivity index (χ0v) is 13.1. The summed E-state index contributed by atoms with van der Waals surface area (Å²) in [4.78, 5) is 29.9. The standard InChI is InChI=1S/C17H18N2O5/c20-15(7-6-13-4-2-1-3-5-13)19-10-8-17(9-11-19)12-14(18-24-17)23-16(21)22/h1-7H,8-12H2,(H,21,22). The van der Waals surface area contributed by atoms with E-state index in [9.17, 15) is 9.59 Å². The molecule has 1 N–H and O–H groups in total. The van der Waals surface area contributed by atoms with E-state index in [1.54, 1.807) is 17.1 Å². The van der Waals surface area contributed by atoms with Gasteiger partial charge < -0.3 is 19.6 Å². The third-order valence-electron chi connectivity index (χ3n) is 4.22. The van der Waals surface area contributed by atoms with E-state index in [0.717, 1.165) is 5.56 Å². The topological polar surface area (TPSA) is 88.4 Å². The van der Waals surface area contributed by atoms with E-state index >= 15 is 0 Å². The molecule has 1 fully saturated rings. The van der Waals surface area contributed by atoms with E-state index in [1.807, 2.05) is 30.3 Å². The molecule has 2 heterocycles. The van der Waals surface area contributed by atoms with Gasteiger partial charge in [0, 0.05) is 32.0 Å². The van der Waals surface area contributed by atoms with Crippen LogP contribution in [0.15, 0.2) is 41.6 Å². The SMILES string of the molecule is O=C(O)OC1=NOC2(CCN(C(=O)C=Cc3ccccc3)CC2)C1. The van der Waals surface area contributed by atoms with Gasteiger partial charge in [-0.15, -0.1) is 0 Å². The van der Waals surface area contributed by atoms with Crippen molar-refractivity contribution in [2.75, 3.05) is 13.1 Å². The Labute approximate surface area is 139 Å². The Bertz CT molecular complexity index is 675. The van der Waals surface area contributed by atoms with Gasteiger partial charge in [0.15, 0.2) is 0 Å². The summed E-state index contributed by atoms with van der Waals surface area (Å²) in [6.45, 7) is 1.07. The maximum absolute atomic E-state index is 12.3. The first-order chi connectivity index (χ1) is 11.6. The first-order valence-corrected chi connectivity index (χ1v) is 7.74. The van der Waals surface area contributed by atoms with Gasteiger partial charge in [-0.05, 0) is 11.6 Å². The van der Waals surface area contributed by atoms with Gasteiger partial charge in [-0.25, -0.2) is 4.79 Å². The molecular weight excluding hydrogens is 312 g/mol. The molecule has 0 radical (unpaired) electrons. The molecule has 1 spiro atoms. The van der Waals surface area contributed by atoms with Gasteiger partial charge in [-0.1, -0.05) is 35.5 Å². The Hall–Kier alpha value is -2.83. The van der Waals surface area contributed by atoms with Crippen LogP contribution in [-0.2, 0) is 14.4 Å². The Morgan fingerprint density at radius 2 is 1.96 bits per heavy atom. The van der Waals surface area contributed by atoms with Crippen molar-refractivity contribution in [2.24, 2.45) is 5.16 Å². The number of carbonyl (C=O) groups excluding carboxylic acids is 1. The van der Waals surface area contributed by atoms with Gasteiger partial charge in [-0.3, -0.25) is 4.79 Å². The molecule has 126 valence electrons. The van der Waals surface area contributed by atoms with Gasteiger partial charge in [0.1, 0.15) is 5.60 Å². The van der Waals surface area contributed by atoms with E-state index in [-0.39, 0.29) is 11.8 Å². The Morgan fingerprint density at radius 1 is 1.25 bits per heavy atom. The number of benzene rings is 1. The fraction of sp³-hybridized carbons (Fsp3) is 0.353. The van der Waals surface area contributed by atoms with Crippen LogP contribution < -0.4 is 0 Å². The van der Waals surface area contributed by atoms with Crippen LogP contribution >= 0.6 is 0 Å². The summed E-state index contributed by atoms with van der Waals surface area (Å²) in [5.74, 6) is 0.0286. The molecule has 0 aromatic heterocycles. The molecule has 24 heavy (non-hydrogen) atoms. The van der Waals surface area contributed by atoms with Crippen LogP contribution in [0.25, 0.3) is 6.08 Å². The first-order valence-electron chi connectivity index (χ1n) is 7.74. The van der Waals surface area contributed by atoms with Crippen molar-refractivity contribution in [2.45, 2.75) is 24.9 Å². The van der Waals surface area contributed by atoms with Gasteiger partial charge in [-0.2, -0.15) is 0 Å². The fourth-order valence-corrected chi connectivity index (χ4v) is 2.88. The molecule has 0 atom stereocenters. The smallest absolute Gasteiger partial charge is 0.449 e. The van der Waals surface area contributed by atoms with Gasteiger partial charge in [0.25, 0.3) is 0 Å². The zero-order valence-electron chi connectivity index (χ0n) is 13.1. The second-order valence-corrected chi connectivity index (χ2v) is 5.87. The molecule has 1 saturated heterocycles. The lowest BCUT2D eigenvalue weighted by Gasteiger charge is -2.36. The maximum atomic E-state index is 12.3. The fourth-order valence-electron chi connectivity index (χ4n) is 2.88. The number of amides is 1. The van der Waals surface area contributed by atoms with Crippen molar-refractivity contribution in [3.05, 3.63) is 42.0 Å². The highest BCUT2D eigenvalue weighted by Gasteiger charge is 2.44. The lowest BCUT2D eigenvalue weighted by molar-refractivity contribution is -0.131. The molecule has 1 aromatic carbocycles. The lowest BCUT2D eigenvalue weighted by atomic mass is 9.88. The summed E-state index contributed by atoms with van der Waals surface area (Å²) >= 11 is 0. The Balaban J connectivity index is 1.51. The number of hydrogen-bond acceptors (Lipinski definition) is 5. The maximum Gasteiger partial charge on any atom is 0.512 e. The predicted octanol–water partition coefficient (Wildman–Crippen LogP) is 2.49. The van der Waals surface area contributed by atoms with E-state index in [2.05, 4.69) is 9.89 Å². The number of hydrogen-bond donors (Lipinski definition) is 1. The summed E-state index contributed by atoms with van der Waals surface area (Å²) in [7, 11) is 0. The van der Waals surface area contributed by atoms with Gasteiger partial charge in [0.05, 0.1) is 6.42 Å². The largest absolute Gasteiger partial charge is 0.512 e. The highest BCUT2D eigenvalue weighted by atomic mass is 16.7. The third-order valence-corrected chi connectivity index (χ3v) is 4.22. The molecule has 2 aliphatic rings. The van der Waals surface area contributed by atoms with Crippen LogP contribution in [0, 0.1) is 0 Å². The van der Waals surface area contributed by atoms with Crippen LogP contribution in [0.3, 0.4) is 0 Å². The normalized spacial score (nSPS) is 19.2. The quantitative estimate of drug-likeness (QED) is 0.665. The zero-order chi connectivity index (χ0) is 17.0. The monoisotopic (exact) mass is 330 g/mol. The van der Waals surface area contributed by atoms with Gasteiger partial charge in [0.2, 0.25) is 11.8 Å². The van der Waals surface area contributed by atoms with Crippen LogP contribution in [0.4, 0.5) is 4.79 Å². The number of likely N-dealkylation sites (tertiary alicyclic amines) is 1. The van der Waals surface area contributed by atoms with Crippen LogP contribution in [0.1, 0.15) is 24.8 Å². The number of piperidine rings is 1. The molecule has 7 heteroatoms. The number of ether oxygens (including phenoxy) is 1. The number of oxime groups is 1. The van der Waals surface area contributed by atoms with E-state index in [4.69, 9.17) is 9.94 Å². The van der Waals surface area contributed by atoms with Crippen molar-refractivity contribution < 1.29 is 24.3 Å². The summed E-state index contributed by atoms with van der Waals surface area (Å²) in [5.41, 5.74) is 0.423. The highest BCUT2D eigenvalue weighted by Crippen LogP contribution is 2.34. The molecule has 0 unspecified atom stereocenters. The first kappa shape index (κ1) is 16.0. The minimum absolute atomic E-state index is 0.0466. The Kier molecular flexibility index (Phi) is 4.50. The van der Waals surface area contributed by atoms with E-state index < -0.39 is 11.8 Å². The number of carbonyl (C=O) groups is 2. The van der Waals surface area contributed by atoms with E-state index in [1.165, 1.54) is 0 Å². The van der Waals surface area contributed by atoms with Crippen molar-refractivity contribution >= 4 is 24.0 Å². The minimum Gasteiger partial charge on any atom is -0.449 e. The summed E-state index contributed by atoms with van der Waals surface area (Å²) < 4.78 is 4.55. The van der Waals surface area contributed by atoms with Crippen LogP contribution in [0.2, 0.25) is 0 Å². The lowest BCUT2D eigenvalue weighted by Crippen LogP contribution is -2.46. The predicted molar refractivity (Wildman–Crippen MR) is 86.3 cm³/mol. The number of rotatable bonds is 2. The highest BCUT2D eigenvalue weighted by molar-refractivity contribution is 5.92. The van der Waals surface area contributed by atoms with Crippen LogP contribution in [0.5, 0.6) is 0 Å². The molecule has 0 saturated carbocycles. The van der Waals surface area contributed by atoms with Crippen molar-refractivity contribution in [1.29, 1.82) is 0 Å². The molecule has 0 aliphatic carbocycles. The summed E-state index contributed by atoms with van der Waals surface area (Å²) in [6, 6.07) is 9.63. The molecule has 1 amide bonds. The number of carboxylic acid groups (broad SMARTS) is 1. The molecule has 3 rings (SSSR count). The van der Waals surface area contributed by atoms with Gasteiger partial charge >= 0.3 is 6.16 Å². The molecule has 2 aliphatic heterocycles. The Morgan fingerprint density at radius 3 is 2.62 bits per heavy atom.